The van der Waals surface area contributed by atoms with Crippen molar-refractivity contribution in [3.8, 4) is 10.6 Å². The Hall–Kier alpha value is -2.35. The number of hydrogen-bond acceptors (Lipinski definition) is 5. The van der Waals surface area contributed by atoms with Crippen LogP contribution in [0.3, 0.4) is 0 Å². The van der Waals surface area contributed by atoms with Crippen LogP contribution in [-0.2, 0) is 16.6 Å². The minimum absolute atomic E-state index is 0.213. The van der Waals surface area contributed by atoms with Gasteiger partial charge in [0.15, 0.2) is 0 Å². The van der Waals surface area contributed by atoms with Gasteiger partial charge in [-0.05, 0) is 37.6 Å². The van der Waals surface area contributed by atoms with Crippen molar-refractivity contribution >= 4 is 27.4 Å². The monoisotopic (exact) mass is 385 g/mol. The summed E-state index contributed by atoms with van der Waals surface area (Å²) in [4.78, 5) is 9.48. The molecular formula is C19H19N3O2S2. The minimum Gasteiger partial charge on any atom is -0.264 e. The van der Waals surface area contributed by atoms with Crippen molar-refractivity contribution in [3.05, 3.63) is 75.9 Å². The van der Waals surface area contributed by atoms with Crippen LogP contribution in [0.4, 0.5) is 0 Å². The van der Waals surface area contributed by atoms with Crippen LogP contribution in [0.15, 0.2) is 54.2 Å². The van der Waals surface area contributed by atoms with E-state index in [0.29, 0.717) is 0 Å². The molecule has 0 saturated carbocycles. The predicted octanol–water partition coefficient (Wildman–Crippen LogP) is 3.91. The Balaban J connectivity index is 1.68. The molecule has 5 nitrogen and oxygen atoms in total. The van der Waals surface area contributed by atoms with Crippen LogP contribution in [0.2, 0.25) is 0 Å². The van der Waals surface area contributed by atoms with Gasteiger partial charge in [-0.2, -0.15) is 0 Å². The Morgan fingerprint density at radius 2 is 1.92 bits per heavy atom. The number of sulfonamides is 1. The number of aryl methyl sites for hydroxylation is 2. The Bertz CT molecular complexity index is 1010. The number of nitrogens with one attached hydrogen (secondary N) is 1. The third-order valence-electron chi connectivity index (χ3n) is 3.75. The van der Waals surface area contributed by atoms with Crippen molar-refractivity contribution < 1.29 is 8.42 Å². The van der Waals surface area contributed by atoms with E-state index in [9.17, 15) is 8.42 Å². The lowest BCUT2D eigenvalue weighted by Crippen LogP contribution is -2.20. The van der Waals surface area contributed by atoms with Gasteiger partial charge in [0.05, 0.1) is 5.69 Å². The van der Waals surface area contributed by atoms with Crippen molar-refractivity contribution in [2.75, 3.05) is 0 Å². The molecular weight excluding hydrogens is 366 g/mol. The maximum absolute atomic E-state index is 12.2. The fraction of sp³-hybridized carbons (Fsp3) is 0.158. The molecule has 0 spiro atoms. The molecule has 0 fully saturated rings. The first-order chi connectivity index (χ1) is 12.4. The van der Waals surface area contributed by atoms with Crippen LogP contribution < -0.4 is 4.72 Å². The molecule has 0 saturated heterocycles. The molecule has 1 N–H and O–H groups in total. The Kier molecular flexibility index (Phi) is 5.61. The molecule has 134 valence electrons. The summed E-state index contributed by atoms with van der Waals surface area (Å²) in [6.07, 6.45) is 5.04. The normalized spacial score (nSPS) is 11.9. The van der Waals surface area contributed by atoms with Gasteiger partial charge in [-0.1, -0.05) is 29.8 Å². The average Bonchev–Trinajstić information content (AvgIpc) is 3.01. The van der Waals surface area contributed by atoms with E-state index in [0.717, 1.165) is 32.3 Å². The van der Waals surface area contributed by atoms with E-state index in [1.807, 2.05) is 50.2 Å². The van der Waals surface area contributed by atoms with Crippen LogP contribution in [-0.4, -0.2) is 18.4 Å². The summed E-state index contributed by atoms with van der Waals surface area (Å²) in [5.74, 6) is 0. The summed E-state index contributed by atoms with van der Waals surface area (Å²) in [6.45, 7) is 4.08. The molecule has 2 heterocycles. The molecule has 0 bridgehead atoms. The molecule has 7 heteroatoms. The highest BCUT2D eigenvalue weighted by Crippen LogP contribution is 2.27. The van der Waals surface area contributed by atoms with Crippen LogP contribution in [0.25, 0.3) is 16.6 Å². The summed E-state index contributed by atoms with van der Waals surface area (Å²) in [5, 5.41) is 2.02. The number of aromatic nitrogens is 2. The zero-order valence-corrected chi connectivity index (χ0v) is 16.1. The maximum atomic E-state index is 12.2. The maximum Gasteiger partial charge on any atom is 0.234 e. The molecule has 1 aromatic carbocycles. The summed E-state index contributed by atoms with van der Waals surface area (Å²) < 4.78 is 27.0. The minimum atomic E-state index is -3.52. The number of nitrogens with zero attached hydrogens (tertiary/aromatic N) is 2. The van der Waals surface area contributed by atoms with Crippen molar-refractivity contribution in [2.24, 2.45) is 0 Å². The van der Waals surface area contributed by atoms with E-state index in [4.69, 9.17) is 0 Å². The van der Waals surface area contributed by atoms with Gasteiger partial charge in [0, 0.05) is 34.8 Å². The van der Waals surface area contributed by atoms with Gasteiger partial charge < -0.3 is 0 Å². The number of benzene rings is 1. The smallest absolute Gasteiger partial charge is 0.234 e. The SMILES string of the molecule is Cc1ccc(/C=C/S(=O)(=O)NCc2sc(-c3cccnc3)nc2C)cc1. The molecule has 0 aliphatic heterocycles. The summed E-state index contributed by atoms with van der Waals surface area (Å²) >= 11 is 1.47. The summed E-state index contributed by atoms with van der Waals surface area (Å²) in [6, 6.07) is 11.4. The number of thiazole rings is 1. The zero-order valence-electron chi connectivity index (χ0n) is 14.5. The molecule has 0 aliphatic carbocycles. The van der Waals surface area contributed by atoms with E-state index in [2.05, 4.69) is 14.7 Å². The first-order valence-corrected chi connectivity index (χ1v) is 10.4. The van der Waals surface area contributed by atoms with Gasteiger partial charge >= 0.3 is 0 Å². The molecule has 26 heavy (non-hydrogen) atoms. The molecule has 0 atom stereocenters. The highest BCUT2D eigenvalue weighted by molar-refractivity contribution is 7.92. The van der Waals surface area contributed by atoms with Gasteiger partial charge in [-0.15, -0.1) is 11.3 Å². The van der Waals surface area contributed by atoms with Gasteiger partial charge in [-0.3, -0.25) is 4.98 Å². The predicted molar refractivity (Wildman–Crippen MR) is 106 cm³/mol. The van der Waals surface area contributed by atoms with Crippen LogP contribution in [0.5, 0.6) is 0 Å². The van der Waals surface area contributed by atoms with Gasteiger partial charge in [0.2, 0.25) is 10.0 Å². The molecule has 2 aromatic heterocycles. The summed E-state index contributed by atoms with van der Waals surface area (Å²) in [5.41, 5.74) is 3.72. The third kappa shape index (κ3) is 4.85. The van der Waals surface area contributed by atoms with Gasteiger partial charge in [-0.25, -0.2) is 18.1 Å². The van der Waals surface area contributed by atoms with E-state index >= 15 is 0 Å². The van der Waals surface area contributed by atoms with E-state index < -0.39 is 10.0 Å². The van der Waals surface area contributed by atoms with Gasteiger partial charge in [0.25, 0.3) is 0 Å². The summed E-state index contributed by atoms with van der Waals surface area (Å²) in [7, 11) is -3.52. The molecule has 0 aliphatic rings. The lowest BCUT2D eigenvalue weighted by Gasteiger charge is -2.01. The lowest BCUT2D eigenvalue weighted by atomic mass is 10.2. The van der Waals surface area contributed by atoms with Crippen LogP contribution >= 0.6 is 11.3 Å². The Morgan fingerprint density at radius 1 is 1.15 bits per heavy atom. The van der Waals surface area contributed by atoms with E-state index in [1.54, 1.807) is 18.5 Å². The Labute approximate surface area is 157 Å². The molecule has 3 aromatic rings. The quantitative estimate of drug-likeness (QED) is 0.698. The highest BCUT2D eigenvalue weighted by Gasteiger charge is 2.12. The van der Waals surface area contributed by atoms with E-state index in [-0.39, 0.29) is 6.54 Å². The van der Waals surface area contributed by atoms with Crippen molar-refractivity contribution in [3.63, 3.8) is 0 Å². The first-order valence-electron chi connectivity index (χ1n) is 8.04. The Morgan fingerprint density at radius 3 is 2.62 bits per heavy atom. The van der Waals surface area contributed by atoms with Crippen molar-refractivity contribution in [1.29, 1.82) is 0 Å². The zero-order chi connectivity index (χ0) is 18.6. The lowest BCUT2D eigenvalue weighted by molar-refractivity contribution is 0.591. The first kappa shape index (κ1) is 18.4. The number of rotatable bonds is 6. The number of pyridine rings is 1. The van der Waals surface area contributed by atoms with Crippen LogP contribution in [0, 0.1) is 13.8 Å². The molecule has 0 amide bonds. The average molecular weight is 386 g/mol. The van der Waals surface area contributed by atoms with E-state index in [1.165, 1.54) is 16.7 Å². The standard InChI is InChI=1S/C19H19N3O2S2/c1-14-5-7-16(8-6-14)9-11-26(23,24)21-13-18-15(2)22-19(25-18)17-4-3-10-20-12-17/h3-12,21H,13H2,1-2H3/b11-9+. The van der Waals surface area contributed by atoms with Crippen molar-refractivity contribution in [1.82, 2.24) is 14.7 Å². The second-order valence-electron chi connectivity index (χ2n) is 5.85. The fourth-order valence-corrected chi connectivity index (χ4v) is 4.13. The largest absolute Gasteiger partial charge is 0.264 e. The molecule has 0 unspecified atom stereocenters. The molecule has 0 radical (unpaired) electrons. The number of hydrogen-bond donors (Lipinski definition) is 1. The molecule has 3 rings (SSSR count). The highest BCUT2D eigenvalue weighted by atomic mass is 32.2. The second-order valence-corrected chi connectivity index (χ2v) is 8.58. The van der Waals surface area contributed by atoms with Crippen molar-refractivity contribution in [2.45, 2.75) is 20.4 Å². The third-order valence-corrected chi connectivity index (χ3v) is 6.00. The second kappa shape index (κ2) is 7.90. The van der Waals surface area contributed by atoms with Crippen LogP contribution in [0.1, 0.15) is 21.7 Å². The topological polar surface area (TPSA) is 72.0 Å². The fourth-order valence-electron chi connectivity index (χ4n) is 2.26. The van der Waals surface area contributed by atoms with Gasteiger partial charge in [0.1, 0.15) is 5.01 Å².